The van der Waals surface area contributed by atoms with Crippen LogP contribution in [0.2, 0.25) is 0 Å². The predicted molar refractivity (Wildman–Crippen MR) is 66.5 cm³/mol. The van der Waals surface area contributed by atoms with E-state index in [2.05, 4.69) is 43.1 Å². The van der Waals surface area contributed by atoms with Crippen LogP contribution in [0.5, 0.6) is 0 Å². The molecule has 72 valence electrons. The zero-order valence-corrected chi connectivity index (χ0v) is 10.5. The lowest BCUT2D eigenvalue weighted by Crippen LogP contribution is -2.34. The number of rotatable bonds is 0. The van der Waals surface area contributed by atoms with Crippen LogP contribution in [0.3, 0.4) is 0 Å². The van der Waals surface area contributed by atoms with E-state index in [0.29, 0.717) is 6.04 Å². The fourth-order valence-electron chi connectivity index (χ4n) is 1.81. The predicted octanol–water partition coefficient (Wildman–Crippen LogP) is 2.68. The number of benzene rings is 1. The topological polar surface area (TPSA) is 3.24 Å². The van der Waals surface area contributed by atoms with Gasteiger partial charge in [0.15, 0.2) is 0 Å². The van der Waals surface area contributed by atoms with Gasteiger partial charge >= 0.3 is 0 Å². The third-order valence-corrected chi connectivity index (χ3v) is 2.81. The molecule has 1 atom stereocenters. The maximum absolute atomic E-state index is 2.41. The normalized spacial score (nSPS) is 21.8. The summed E-state index contributed by atoms with van der Waals surface area (Å²) in [7, 11) is 2.20. The van der Waals surface area contributed by atoms with E-state index in [9.17, 15) is 0 Å². The van der Waals surface area contributed by atoms with E-state index in [0.717, 1.165) is 6.54 Å². The summed E-state index contributed by atoms with van der Waals surface area (Å²) in [6, 6.07) is 9.44. The van der Waals surface area contributed by atoms with Crippen LogP contribution >= 0.6 is 24.0 Å². The Hall–Kier alpha value is -0.0900. The first-order chi connectivity index (χ1) is 5.77. The van der Waals surface area contributed by atoms with Crippen LogP contribution in [0.1, 0.15) is 18.1 Å². The van der Waals surface area contributed by atoms with Gasteiger partial charge in [0.05, 0.1) is 0 Å². The molecular weight excluding hydrogens is 273 g/mol. The van der Waals surface area contributed by atoms with Crippen molar-refractivity contribution in [3.63, 3.8) is 0 Å². The van der Waals surface area contributed by atoms with Crippen LogP contribution < -0.4 is 0 Å². The largest absolute Gasteiger partial charge is 0.299 e. The highest BCUT2D eigenvalue weighted by atomic mass is 127. The highest BCUT2D eigenvalue weighted by molar-refractivity contribution is 14.0. The van der Waals surface area contributed by atoms with Gasteiger partial charge in [0.25, 0.3) is 0 Å². The lowest BCUT2D eigenvalue weighted by atomic mass is 9.96. The summed E-state index contributed by atoms with van der Waals surface area (Å²) in [6.45, 7) is 3.40. The third-order valence-electron chi connectivity index (χ3n) is 2.81. The Morgan fingerprint density at radius 3 is 2.54 bits per heavy atom. The fourth-order valence-corrected chi connectivity index (χ4v) is 1.81. The van der Waals surface area contributed by atoms with Gasteiger partial charge in [-0.2, -0.15) is 0 Å². The first-order valence-electron chi connectivity index (χ1n) is 4.54. The molecule has 0 saturated carbocycles. The lowest BCUT2D eigenvalue weighted by molar-refractivity contribution is 0.231. The second-order valence-electron chi connectivity index (χ2n) is 3.74. The molecule has 1 aliphatic rings. The maximum Gasteiger partial charge on any atom is 0.0236 e. The Bertz CT molecular complexity index is 256. The fraction of sp³-hybridized carbons (Fsp3) is 0.455. The molecule has 0 N–H and O–H groups in total. The Morgan fingerprint density at radius 2 is 1.85 bits per heavy atom. The number of hydrogen-bond acceptors (Lipinski definition) is 1. The van der Waals surface area contributed by atoms with Crippen LogP contribution in [0.15, 0.2) is 24.3 Å². The quantitative estimate of drug-likeness (QED) is 0.664. The molecular formula is C11H16IN. The second-order valence-corrected chi connectivity index (χ2v) is 3.74. The van der Waals surface area contributed by atoms with Crippen molar-refractivity contribution in [3.05, 3.63) is 35.4 Å². The van der Waals surface area contributed by atoms with Crippen molar-refractivity contribution in [3.8, 4) is 0 Å². The van der Waals surface area contributed by atoms with Gasteiger partial charge in [0.2, 0.25) is 0 Å². The van der Waals surface area contributed by atoms with Crippen LogP contribution in [0.25, 0.3) is 0 Å². The van der Waals surface area contributed by atoms with Gasteiger partial charge in [0, 0.05) is 12.6 Å². The smallest absolute Gasteiger partial charge is 0.0236 e. The van der Waals surface area contributed by atoms with E-state index in [1.807, 2.05) is 0 Å². The number of halogens is 1. The molecule has 0 bridgehead atoms. The molecule has 0 saturated heterocycles. The minimum Gasteiger partial charge on any atom is -0.299 e. The Kier molecular flexibility index (Phi) is 3.74. The molecule has 0 amide bonds. The van der Waals surface area contributed by atoms with Crippen LogP contribution in [0.4, 0.5) is 0 Å². The number of nitrogens with zero attached hydrogens (tertiary/aromatic N) is 1. The van der Waals surface area contributed by atoms with Gasteiger partial charge in [0.1, 0.15) is 0 Å². The highest BCUT2D eigenvalue weighted by Gasteiger charge is 2.18. The number of likely N-dealkylation sites (N-methyl/N-ethyl adjacent to an activating group) is 1. The molecule has 1 unspecified atom stereocenters. The van der Waals surface area contributed by atoms with Crippen molar-refractivity contribution in [2.45, 2.75) is 25.9 Å². The van der Waals surface area contributed by atoms with E-state index in [1.165, 1.54) is 17.5 Å². The van der Waals surface area contributed by atoms with Crippen molar-refractivity contribution in [2.24, 2.45) is 0 Å². The van der Waals surface area contributed by atoms with Gasteiger partial charge < -0.3 is 0 Å². The third kappa shape index (κ3) is 2.23. The van der Waals surface area contributed by atoms with E-state index in [1.54, 1.807) is 0 Å². The molecule has 0 radical (unpaired) electrons. The van der Waals surface area contributed by atoms with E-state index in [4.69, 9.17) is 0 Å². The van der Waals surface area contributed by atoms with Crippen molar-refractivity contribution < 1.29 is 0 Å². The Morgan fingerprint density at radius 1 is 1.23 bits per heavy atom. The second kappa shape index (κ2) is 4.42. The summed E-state index contributed by atoms with van der Waals surface area (Å²) in [5, 5.41) is 0. The summed E-state index contributed by atoms with van der Waals surface area (Å²) >= 11 is 0. The van der Waals surface area contributed by atoms with E-state index >= 15 is 0 Å². The number of hydrogen-bond donors (Lipinski definition) is 0. The van der Waals surface area contributed by atoms with E-state index < -0.39 is 0 Å². The molecule has 0 fully saturated rings. The molecule has 1 nitrogen and oxygen atoms in total. The minimum atomic E-state index is 0. The molecule has 2 heteroatoms. The SMILES string of the molecule is CC1Cc2ccccc2CN1C.I. The molecule has 13 heavy (non-hydrogen) atoms. The van der Waals surface area contributed by atoms with Crippen molar-refractivity contribution in [2.75, 3.05) is 7.05 Å². The first-order valence-corrected chi connectivity index (χ1v) is 4.54. The monoisotopic (exact) mass is 289 g/mol. The van der Waals surface area contributed by atoms with Crippen molar-refractivity contribution in [1.29, 1.82) is 0 Å². The molecule has 0 spiro atoms. The molecule has 0 aromatic heterocycles. The zero-order valence-electron chi connectivity index (χ0n) is 8.16. The number of fused-ring (bicyclic) bond motifs is 1. The standard InChI is InChI=1S/C11H15N.HI/c1-9-7-10-5-3-4-6-11(10)8-12(9)2;/h3-6,9H,7-8H2,1-2H3;1H. The first kappa shape index (κ1) is 11.0. The minimum absolute atomic E-state index is 0. The van der Waals surface area contributed by atoms with Gasteiger partial charge in [-0.15, -0.1) is 24.0 Å². The summed E-state index contributed by atoms with van der Waals surface area (Å²) in [4.78, 5) is 2.41. The van der Waals surface area contributed by atoms with Gasteiger partial charge in [-0.3, -0.25) is 4.90 Å². The molecule has 1 aromatic carbocycles. The molecule has 1 aromatic rings. The van der Waals surface area contributed by atoms with Crippen LogP contribution in [0, 0.1) is 0 Å². The molecule has 1 heterocycles. The molecule has 1 aliphatic heterocycles. The summed E-state index contributed by atoms with van der Waals surface area (Å²) < 4.78 is 0. The van der Waals surface area contributed by atoms with Gasteiger partial charge in [-0.05, 0) is 31.5 Å². The van der Waals surface area contributed by atoms with Gasteiger partial charge in [-0.25, -0.2) is 0 Å². The average Bonchev–Trinajstić information content (AvgIpc) is 2.07. The average molecular weight is 289 g/mol. The van der Waals surface area contributed by atoms with Gasteiger partial charge in [-0.1, -0.05) is 24.3 Å². The maximum atomic E-state index is 2.41. The van der Waals surface area contributed by atoms with Crippen LogP contribution in [-0.4, -0.2) is 18.0 Å². The van der Waals surface area contributed by atoms with Crippen molar-refractivity contribution >= 4 is 24.0 Å². The summed E-state index contributed by atoms with van der Waals surface area (Å²) in [5.74, 6) is 0. The Labute approximate surface area is 97.2 Å². The van der Waals surface area contributed by atoms with Crippen LogP contribution in [-0.2, 0) is 13.0 Å². The lowest BCUT2D eigenvalue weighted by Gasteiger charge is -2.31. The molecule has 0 aliphatic carbocycles. The Balaban J connectivity index is 0.000000845. The molecule has 2 rings (SSSR count). The van der Waals surface area contributed by atoms with Crippen molar-refractivity contribution in [1.82, 2.24) is 4.90 Å². The zero-order chi connectivity index (χ0) is 8.55. The summed E-state index contributed by atoms with van der Waals surface area (Å²) in [6.07, 6.45) is 1.20. The summed E-state index contributed by atoms with van der Waals surface area (Å²) in [5.41, 5.74) is 3.03. The highest BCUT2D eigenvalue weighted by Crippen LogP contribution is 2.20. The van der Waals surface area contributed by atoms with E-state index in [-0.39, 0.29) is 24.0 Å².